The van der Waals surface area contributed by atoms with Crippen LogP contribution in [0.4, 0.5) is 36.8 Å². The SMILES string of the molecule is O=C(O)CN1CCC[C@H]1C1CCN(c2cc(Cl)ccc2CN2CCN(C(=O)OC(C(F)(F)F)C(F)(F)F)CC2)CC1. The number of benzene rings is 1. The summed E-state index contributed by atoms with van der Waals surface area (Å²) in [6.45, 7) is 3.17. The third kappa shape index (κ3) is 8.10. The van der Waals surface area contributed by atoms with Crippen LogP contribution in [0.25, 0.3) is 0 Å². The second-order valence-electron chi connectivity index (χ2n) is 10.8. The molecule has 0 saturated carbocycles. The Morgan fingerprint density at radius 2 is 1.59 bits per heavy atom. The molecule has 0 bridgehead atoms. The molecular formula is C26H33ClF6N4O4. The van der Waals surface area contributed by atoms with Gasteiger partial charge in [-0.05, 0) is 55.8 Å². The maximum Gasteiger partial charge on any atom is 0.434 e. The van der Waals surface area contributed by atoms with Crippen LogP contribution >= 0.6 is 11.6 Å². The van der Waals surface area contributed by atoms with E-state index in [1.807, 2.05) is 17.0 Å². The summed E-state index contributed by atoms with van der Waals surface area (Å²) in [5.41, 5.74) is 1.91. The van der Waals surface area contributed by atoms with Crippen molar-refractivity contribution in [2.24, 2.45) is 5.92 Å². The third-order valence-electron chi connectivity index (χ3n) is 8.06. The summed E-state index contributed by atoms with van der Waals surface area (Å²) in [7, 11) is 0. The molecule has 1 N–H and O–H groups in total. The first-order chi connectivity index (χ1) is 19.2. The predicted octanol–water partition coefficient (Wildman–Crippen LogP) is 4.85. The lowest BCUT2D eigenvalue weighted by molar-refractivity contribution is -0.308. The summed E-state index contributed by atoms with van der Waals surface area (Å²) in [4.78, 5) is 30.5. The zero-order valence-corrected chi connectivity index (χ0v) is 23.0. The maximum absolute atomic E-state index is 12.8. The van der Waals surface area contributed by atoms with Crippen LogP contribution in [0.3, 0.4) is 0 Å². The molecule has 3 aliphatic rings. The smallest absolute Gasteiger partial charge is 0.434 e. The number of halogens is 7. The number of amides is 1. The van der Waals surface area contributed by atoms with Crippen molar-refractivity contribution in [1.82, 2.24) is 14.7 Å². The van der Waals surface area contributed by atoms with E-state index in [4.69, 9.17) is 11.6 Å². The number of hydrogen-bond donors (Lipinski definition) is 1. The minimum Gasteiger partial charge on any atom is -0.480 e. The molecular weight excluding hydrogens is 582 g/mol. The van der Waals surface area contributed by atoms with Crippen LogP contribution in [0.1, 0.15) is 31.2 Å². The van der Waals surface area contributed by atoms with Gasteiger partial charge >= 0.3 is 24.4 Å². The van der Waals surface area contributed by atoms with E-state index in [1.165, 1.54) is 0 Å². The third-order valence-corrected chi connectivity index (χ3v) is 8.30. The predicted molar refractivity (Wildman–Crippen MR) is 138 cm³/mol. The molecule has 0 radical (unpaired) electrons. The second kappa shape index (κ2) is 12.8. The molecule has 1 aromatic rings. The van der Waals surface area contributed by atoms with Gasteiger partial charge in [-0.25, -0.2) is 4.79 Å². The van der Waals surface area contributed by atoms with E-state index in [0.717, 1.165) is 61.5 Å². The molecule has 41 heavy (non-hydrogen) atoms. The van der Waals surface area contributed by atoms with E-state index < -0.39 is 30.5 Å². The Morgan fingerprint density at radius 1 is 0.951 bits per heavy atom. The molecule has 1 atom stereocenters. The summed E-state index contributed by atoms with van der Waals surface area (Å²) in [5.74, 6) is -0.416. The van der Waals surface area contributed by atoms with Crippen molar-refractivity contribution in [2.45, 2.75) is 56.7 Å². The van der Waals surface area contributed by atoms with E-state index in [9.17, 15) is 41.0 Å². The zero-order valence-electron chi connectivity index (χ0n) is 22.3. The van der Waals surface area contributed by atoms with Gasteiger partial charge in [-0.2, -0.15) is 26.3 Å². The Morgan fingerprint density at radius 3 is 2.17 bits per heavy atom. The van der Waals surface area contributed by atoms with Crippen LogP contribution in [0.5, 0.6) is 0 Å². The number of nitrogens with zero attached hydrogens (tertiary/aromatic N) is 4. The molecule has 0 aromatic heterocycles. The lowest BCUT2D eigenvalue weighted by Gasteiger charge is -2.40. The fourth-order valence-corrected chi connectivity index (χ4v) is 6.24. The molecule has 1 aromatic carbocycles. The highest BCUT2D eigenvalue weighted by Crippen LogP contribution is 2.37. The van der Waals surface area contributed by atoms with Gasteiger partial charge in [-0.15, -0.1) is 0 Å². The zero-order chi connectivity index (χ0) is 29.9. The number of carboxylic acid groups (broad SMARTS) is 1. The number of piperazine rings is 1. The van der Waals surface area contributed by atoms with E-state index in [1.54, 1.807) is 6.07 Å². The quantitative estimate of drug-likeness (QED) is 0.440. The molecule has 0 spiro atoms. The summed E-state index contributed by atoms with van der Waals surface area (Å²) < 4.78 is 80.4. The van der Waals surface area contributed by atoms with E-state index >= 15 is 0 Å². The minimum atomic E-state index is -5.76. The Kier molecular flexibility index (Phi) is 9.85. The van der Waals surface area contributed by atoms with Crippen LogP contribution in [-0.2, 0) is 16.1 Å². The first-order valence-electron chi connectivity index (χ1n) is 13.5. The van der Waals surface area contributed by atoms with Gasteiger partial charge in [0, 0.05) is 62.6 Å². The van der Waals surface area contributed by atoms with Crippen molar-refractivity contribution in [1.29, 1.82) is 0 Å². The number of alkyl halides is 6. The summed E-state index contributed by atoms with van der Waals surface area (Å²) >= 11 is 6.32. The molecule has 1 amide bonds. The number of hydrogen-bond acceptors (Lipinski definition) is 6. The van der Waals surface area contributed by atoms with Crippen LogP contribution < -0.4 is 4.90 Å². The molecule has 3 aliphatic heterocycles. The highest BCUT2D eigenvalue weighted by Gasteiger charge is 2.60. The van der Waals surface area contributed by atoms with Crippen LogP contribution in [-0.4, -0.2) is 109 Å². The number of piperidine rings is 1. The van der Waals surface area contributed by atoms with Gasteiger partial charge in [-0.3, -0.25) is 14.6 Å². The molecule has 3 heterocycles. The van der Waals surface area contributed by atoms with Gasteiger partial charge in [-0.1, -0.05) is 17.7 Å². The molecule has 3 fully saturated rings. The number of aliphatic carboxylic acids is 1. The highest BCUT2D eigenvalue weighted by atomic mass is 35.5. The van der Waals surface area contributed by atoms with E-state index in [-0.39, 0.29) is 38.8 Å². The van der Waals surface area contributed by atoms with Gasteiger partial charge in [0.25, 0.3) is 6.10 Å². The molecule has 15 heteroatoms. The number of rotatable bonds is 7. The molecule has 230 valence electrons. The van der Waals surface area contributed by atoms with Crippen LogP contribution in [0.2, 0.25) is 5.02 Å². The first kappa shape index (κ1) is 31.5. The van der Waals surface area contributed by atoms with Crippen LogP contribution in [0.15, 0.2) is 18.2 Å². The fraction of sp³-hybridized carbons (Fsp3) is 0.692. The maximum atomic E-state index is 12.8. The number of carbonyl (C=O) groups excluding carboxylic acids is 1. The largest absolute Gasteiger partial charge is 0.480 e. The van der Waals surface area contributed by atoms with Gasteiger partial charge in [0.2, 0.25) is 0 Å². The van der Waals surface area contributed by atoms with Crippen molar-refractivity contribution < 1.29 is 45.8 Å². The van der Waals surface area contributed by atoms with Crippen molar-refractivity contribution in [3.63, 3.8) is 0 Å². The lowest BCUT2D eigenvalue weighted by Crippen LogP contribution is -2.52. The summed E-state index contributed by atoms with van der Waals surface area (Å²) in [5, 5.41) is 9.79. The average Bonchev–Trinajstić information content (AvgIpc) is 3.34. The summed E-state index contributed by atoms with van der Waals surface area (Å²) in [6.07, 6.45) is -13.5. The van der Waals surface area contributed by atoms with Crippen LogP contribution in [0, 0.1) is 5.92 Å². The number of carbonyl (C=O) groups is 2. The van der Waals surface area contributed by atoms with Crippen molar-refractivity contribution in [3.05, 3.63) is 28.8 Å². The summed E-state index contributed by atoms with van der Waals surface area (Å²) in [6, 6.07) is 5.80. The van der Waals surface area contributed by atoms with Gasteiger partial charge in [0.1, 0.15) is 0 Å². The van der Waals surface area contributed by atoms with Crippen molar-refractivity contribution in [2.75, 3.05) is 57.3 Å². The number of likely N-dealkylation sites (tertiary alicyclic amines) is 1. The number of anilines is 1. The van der Waals surface area contributed by atoms with E-state index in [2.05, 4.69) is 14.5 Å². The monoisotopic (exact) mass is 614 g/mol. The van der Waals surface area contributed by atoms with Crippen molar-refractivity contribution >= 4 is 29.4 Å². The van der Waals surface area contributed by atoms with E-state index in [0.29, 0.717) is 17.5 Å². The highest BCUT2D eigenvalue weighted by molar-refractivity contribution is 6.30. The van der Waals surface area contributed by atoms with Gasteiger partial charge < -0.3 is 19.6 Å². The van der Waals surface area contributed by atoms with Crippen molar-refractivity contribution in [3.8, 4) is 0 Å². The molecule has 3 saturated heterocycles. The topological polar surface area (TPSA) is 76.6 Å². The first-order valence-corrected chi connectivity index (χ1v) is 13.9. The number of ether oxygens (including phenoxy) is 1. The molecule has 4 rings (SSSR count). The molecule has 0 unspecified atom stereocenters. The standard InChI is InChI=1S/C26H33ClF6N4O4/c27-19-4-3-18(15-34-10-12-36(13-11-34)24(40)41-23(25(28,29)30)26(31,32)33)21(14-19)35-8-5-17(6-9-35)20-2-1-7-37(20)16-22(38)39/h3-4,14,17,20,23H,1-2,5-13,15-16H2,(H,38,39)/t20-/m0/s1. The van der Waals surface area contributed by atoms with Gasteiger partial charge in [0.05, 0.1) is 6.54 Å². The van der Waals surface area contributed by atoms with Gasteiger partial charge in [0.15, 0.2) is 0 Å². The lowest BCUT2D eigenvalue weighted by atomic mass is 9.87. The Hall–Kier alpha value is -2.45. The Labute approximate surface area is 238 Å². The number of carboxylic acids is 1. The molecule has 8 nitrogen and oxygen atoms in total. The minimum absolute atomic E-state index is 0.0551. The molecule has 0 aliphatic carbocycles. The second-order valence-corrected chi connectivity index (χ2v) is 11.2. The Bertz CT molecular complexity index is 1060. The Balaban J connectivity index is 1.33. The average molecular weight is 615 g/mol. The fourth-order valence-electron chi connectivity index (χ4n) is 6.07. The normalized spacial score (nSPS) is 22.0.